The lowest BCUT2D eigenvalue weighted by molar-refractivity contribution is -0.137. The molecule has 0 saturated carbocycles. The first-order valence-electron chi connectivity index (χ1n) is 7.32. The minimum Gasteiger partial charge on any atom is -0.338 e. The van der Waals surface area contributed by atoms with Crippen molar-refractivity contribution in [1.82, 2.24) is 25.4 Å². The lowest BCUT2D eigenvalue weighted by Crippen LogP contribution is -2.38. The number of hydrogen-bond donors (Lipinski definition) is 2. The zero-order valence-corrected chi connectivity index (χ0v) is 13.3. The zero-order chi connectivity index (χ0) is 17.7. The molecule has 130 valence electrons. The summed E-state index contributed by atoms with van der Waals surface area (Å²) in [6, 6.07) is 4.19. The van der Waals surface area contributed by atoms with E-state index in [2.05, 4.69) is 20.8 Å². The molecule has 2 amide bonds. The second kappa shape index (κ2) is 7.33. The molecule has 2 rings (SSSR count). The van der Waals surface area contributed by atoms with Crippen LogP contribution in [0.15, 0.2) is 30.6 Å². The van der Waals surface area contributed by atoms with E-state index in [0.717, 1.165) is 12.1 Å². The Kier molecular flexibility index (Phi) is 5.42. The third-order valence-corrected chi connectivity index (χ3v) is 3.46. The summed E-state index contributed by atoms with van der Waals surface area (Å²) in [6.45, 7) is 2.09. The van der Waals surface area contributed by atoms with Crippen molar-refractivity contribution in [2.75, 3.05) is 6.54 Å². The van der Waals surface area contributed by atoms with Gasteiger partial charge in [0.05, 0.1) is 11.6 Å². The van der Waals surface area contributed by atoms with Crippen LogP contribution in [-0.4, -0.2) is 27.3 Å². The average Bonchev–Trinajstić information content (AvgIpc) is 2.93. The average molecular weight is 341 g/mol. The highest BCUT2D eigenvalue weighted by molar-refractivity contribution is 5.74. The number of benzene rings is 1. The fraction of sp³-hybridized carbons (Fsp3) is 0.400. The van der Waals surface area contributed by atoms with E-state index in [1.807, 2.05) is 0 Å². The summed E-state index contributed by atoms with van der Waals surface area (Å²) in [6.07, 6.45) is -2.37. The third kappa shape index (κ3) is 4.71. The number of aromatic nitrogens is 3. The molecule has 0 aliphatic carbocycles. The maximum absolute atomic E-state index is 12.5. The Morgan fingerprint density at radius 3 is 2.50 bits per heavy atom. The molecule has 0 aliphatic heterocycles. The van der Waals surface area contributed by atoms with E-state index in [9.17, 15) is 18.0 Å². The maximum atomic E-state index is 12.5. The van der Waals surface area contributed by atoms with Crippen LogP contribution >= 0.6 is 0 Å². The number of halogens is 3. The fourth-order valence-electron chi connectivity index (χ4n) is 2.18. The van der Waals surface area contributed by atoms with Crippen LogP contribution in [0.1, 0.15) is 29.9 Å². The predicted molar refractivity (Wildman–Crippen MR) is 81.1 cm³/mol. The van der Waals surface area contributed by atoms with Gasteiger partial charge in [-0.1, -0.05) is 12.1 Å². The van der Waals surface area contributed by atoms with Crippen molar-refractivity contribution in [1.29, 1.82) is 0 Å². The molecule has 6 nitrogen and oxygen atoms in total. The standard InChI is InChI=1S/C15H18F3N5O/c1-10(13-22-20-9-23(13)2)21-14(24)19-8-7-11-3-5-12(6-4-11)15(16,17)18/h3-6,9-10H,7-8H2,1-2H3,(H2,19,21,24)/t10-/m0/s1. The first kappa shape index (κ1) is 17.8. The molecule has 9 heteroatoms. The van der Waals surface area contributed by atoms with E-state index < -0.39 is 11.7 Å². The van der Waals surface area contributed by atoms with Gasteiger partial charge >= 0.3 is 12.2 Å². The normalized spacial score (nSPS) is 12.7. The van der Waals surface area contributed by atoms with Crippen LogP contribution in [0.2, 0.25) is 0 Å². The topological polar surface area (TPSA) is 71.8 Å². The Morgan fingerprint density at radius 2 is 1.96 bits per heavy atom. The number of rotatable bonds is 5. The number of carbonyl (C=O) groups is 1. The summed E-state index contributed by atoms with van der Waals surface area (Å²) >= 11 is 0. The Hall–Kier alpha value is -2.58. The fourth-order valence-corrected chi connectivity index (χ4v) is 2.18. The van der Waals surface area contributed by atoms with Gasteiger partial charge in [0.25, 0.3) is 0 Å². The minimum atomic E-state index is -4.34. The second-order valence-electron chi connectivity index (χ2n) is 5.37. The summed E-state index contributed by atoms with van der Waals surface area (Å²) in [4.78, 5) is 11.8. The van der Waals surface area contributed by atoms with E-state index in [4.69, 9.17) is 0 Å². The van der Waals surface area contributed by atoms with Gasteiger partial charge in [0.1, 0.15) is 6.33 Å². The van der Waals surface area contributed by atoms with Gasteiger partial charge in [0.2, 0.25) is 0 Å². The van der Waals surface area contributed by atoms with Crippen LogP contribution in [0.5, 0.6) is 0 Å². The molecular formula is C15H18F3N5O. The highest BCUT2D eigenvalue weighted by Gasteiger charge is 2.29. The molecule has 2 aromatic rings. The van der Waals surface area contributed by atoms with Crippen molar-refractivity contribution in [2.45, 2.75) is 25.6 Å². The molecule has 24 heavy (non-hydrogen) atoms. The van der Waals surface area contributed by atoms with Crippen LogP contribution in [0.3, 0.4) is 0 Å². The number of aryl methyl sites for hydroxylation is 1. The molecule has 1 heterocycles. The predicted octanol–water partition coefficient (Wildman–Crippen LogP) is 2.44. The Bertz CT molecular complexity index is 681. The Labute approximate surface area is 137 Å². The number of nitrogens with zero attached hydrogens (tertiary/aromatic N) is 3. The largest absolute Gasteiger partial charge is 0.416 e. The first-order chi connectivity index (χ1) is 11.3. The molecule has 2 N–H and O–H groups in total. The van der Waals surface area contributed by atoms with Gasteiger partial charge in [0.15, 0.2) is 5.82 Å². The molecule has 0 saturated heterocycles. The van der Waals surface area contributed by atoms with Crippen LogP contribution in [0.25, 0.3) is 0 Å². The van der Waals surface area contributed by atoms with Gasteiger partial charge in [-0.15, -0.1) is 10.2 Å². The van der Waals surface area contributed by atoms with Gasteiger partial charge in [-0.2, -0.15) is 13.2 Å². The van der Waals surface area contributed by atoms with Gasteiger partial charge in [-0.25, -0.2) is 4.79 Å². The van der Waals surface area contributed by atoms with Crippen molar-refractivity contribution < 1.29 is 18.0 Å². The number of carbonyl (C=O) groups excluding carboxylic acids is 1. The van der Waals surface area contributed by atoms with Gasteiger partial charge in [0, 0.05) is 13.6 Å². The molecule has 0 aliphatic rings. The highest BCUT2D eigenvalue weighted by Crippen LogP contribution is 2.29. The van der Waals surface area contributed by atoms with Crippen molar-refractivity contribution in [2.24, 2.45) is 7.05 Å². The van der Waals surface area contributed by atoms with E-state index >= 15 is 0 Å². The molecule has 0 fully saturated rings. The van der Waals surface area contributed by atoms with Gasteiger partial charge in [-0.3, -0.25) is 0 Å². The van der Waals surface area contributed by atoms with Crippen LogP contribution in [-0.2, 0) is 19.6 Å². The van der Waals surface area contributed by atoms with Crippen molar-refractivity contribution in [3.63, 3.8) is 0 Å². The molecule has 1 aromatic carbocycles. The highest BCUT2D eigenvalue weighted by atomic mass is 19.4. The lowest BCUT2D eigenvalue weighted by Gasteiger charge is -2.14. The molecular weight excluding hydrogens is 323 g/mol. The smallest absolute Gasteiger partial charge is 0.338 e. The number of hydrogen-bond acceptors (Lipinski definition) is 3. The van der Waals surface area contributed by atoms with Crippen molar-refractivity contribution >= 4 is 6.03 Å². The quantitative estimate of drug-likeness (QED) is 0.877. The third-order valence-electron chi connectivity index (χ3n) is 3.46. The number of urea groups is 1. The lowest BCUT2D eigenvalue weighted by atomic mass is 10.1. The Morgan fingerprint density at radius 1 is 1.29 bits per heavy atom. The van der Waals surface area contributed by atoms with Crippen LogP contribution < -0.4 is 10.6 Å². The SMILES string of the molecule is C[C@H](NC(=O)NCCc1ccc(C(F)(F)F)cc1)c1nncn1C. The molecule has 0 spiro atoms. The molecule has 0 radical (unpaired) electrons. The van der Waals surface area contributed by atoms with E-state index in [1.54, 1.807) is 18.5 Å². The summed E-state index contributed by atoms with van der Waals surface area (Å²) in [5.41, 5.74) is 0.0269. The number of amides is 2. The zero-order valence-electron chi connectivity index (χ0n) is 13.3. The van der Waals surface area contributed by atoms with Crippen LogP contribution in [0.4, 0.5) is 18.0 Å². The summed E-state index contributed by atoms with van der Waals surface area (Å²) < 4.78 is 39.1. The number of alkyl halides is 3. The van der Waals surface area contributed by atoms with E-state index in [-0.39, 0.29) is 12.1 Å². The van der Waals surface area contributed by atoms with E-state index in [0.29, 0.717) is 24.4 Å². The van der Waals surface area contributed by atoms with Gasteiger partial charge < -0.3 is 15.2 Å². The van der Waals surface area contributed by atoms with Crippen molar-refractivity contribution in [3.05, 3.63) is 47.5 Å². The van der Waals surface area contributed by atoms with Crippen LogP contribution in [0, 0.1) is 0 Å². The molecule has 0 unspecified atom stereocenters. The maximum Gasteiger partial charge on any atom is 0.416 e. The first-order valence-corrected chi connectivity index (χ1v) is 7.32. The minimum absolute atomic E-state index is 0.308. The molecule has 0 bridgehead atoms. The number of nitrogens with one attached hydrogen (secondary N) is 2. The second-order valence-corrected chi connectivity index (χ2v) is 5.37. The molecule has 1 aromatic heterocycles. The summed E-state index contributed by atoms with van der Waals surface area (Å²) in [5, 5.41) is 13.0. The Balaban J connectivity index is 1.77. The van der Waals surface area contributed by atoms with E-state index in [1.165, 1.54) is 18.5 Å². The van der Waals surface area contributed by atoms with Crippen molar-refractivity contribution in [3.8, 4) is 0 Å². The summed E-state index contributed by atoms with van der Waals surface area (Å²) in [5.74, 6) is 0.618. The summed E-state index contributed by atoms with van der Waals surface area (Å²) in [7, 11) is 1.77. The monoisotopic (exact) mass is 341 g/mol. The molecule has 1 atom stereocenters. The van der Waals surface area contributed by atoms with Gasteiger partial charge in [-0.05, 0) is 31.0 Å².